The molecule has 1 aromatic rings. The van der Waals surface area contributed by atoms with Crippen LogP contribution in [0.4, 0.5) is 0 Å². The fourth-order valence-electron chi connectivity index (χ4n) is 2.66. The van der Waals surface area contributed by atoms with Gasteiger partial charge in [0, 0.05) is 45.5 Å². The van der Waals surface area contributed by atoms with Gasteiger partial charge in [0.15, 0.2) is 5.96 Å². The molecule has 2 N–H and O–H groups in total. The average molecular weight is 498 g/mol. The van der Waals surface area contributed by atoms with E-state index in [2.05, 4.69) is 20.1 Å². The molecular weight excluding hydrogens is 467 g/mol. The summed E-state index contributed by atoms with van der Waals surface area (Å²) in [5.41, 5.74) is 1.07. The standard InChI is InChI=1S/C16H30N6O2S.HI/c1-4-17-16(21(2)12-15-10-19-22(3)13-15)18-8-9-25(23,24)20-11-14-6-5-7-14;/h10,13-14,20H,4-9,11-12H2,1-3H3,(H,17,18);1H. The number of aryl methyl sites for hydroxylation is 1. The van der Waals surface area contributed by atoms with E-state index in [4.69, 9.17) is 0 Å². The van der Waals surface area contributed by atoms with Crippen molar-refractivity contribution in [1.82, 2.24) is 24.7 Å². The van der Waals surface area contributed by atoms with E-state index in [1.807, 2.05) is 38.3 Å². The summed E-state index contributed by atoms with van der Waals surface area (Å²) in [5, 5.41) is 7.36. The van der Waals surface area contributed by atoms with Crippen molar-refractivity contribution >= 4 is 40.0 Å². The van der Waals surface area contributed by atoms with Crippen LogP contribution in [0.15, 0.2) is 17.4 Å². The van der Waals surface area contributed by atoms with Gasteiger partial charge in [0.25, 0.3) is 0 Å². The summed E-state index contributed by atoms with van der Waals surface area (Å²) in [6.45, 7) is 4.17. The van der Waals surface area contributed by atoms with Crippen molar-refractivity contribution in [3.63, 3.8) is 0 Å². The van der Waals surface area contributed by atoms with Crippen LogP contribution in [0.3, 0.4) is 0 Å². The van der Waals surface area contributed by atoms with E-state index < -0.39 is 10.0 Å². The van der Waals surface area contributed by atoms with Gasteiger partial charge in [-0.3, -0.25) is 9.67 Å². The molecule has 150 valence electrons. The Kier molecular flexibility index (Phi) is 9.86. The van der Waals surface area contributed by atoms with Crippen LogP contribution in [-0.2, 0) is 23.6 Å². The fourth-order valence-corrected chi connectivity index (χ4v) is 3.62. The van der Waals surface area contributed by atoms with Gasteiger partial charge in [-0.05, 0) is 25.7 Å². The van der Waals surface area contributed by atoms with Crippen LogP contribution in [0.1, 0.15) is 31.7 Å². The second-order valence-electron chi connectivity index (χ2n) is 6.58. The minimum atomic E-state index is -3.26. The third kappa shape index (κ3) is 7.78. The van der Waals surface area contributed by atoms with Crippen molar-refractivity contribution in [3.05, 3.63) is 18.0 Å². The zero-order chi connectivity index (χ0) is 18.3. The topological polar surface area (TPSA) is 91.6 Å². The van der Waals surface area contributed by atoms with Gasteiger partial charge in [0.1, 0.15) is 0 Å². The predicted octanol–water partition coefficient (Wildman–Crippen LogP) is 1.15. The zero-order valence-corrected chi connectivity index (χ0v) is 19.0. The number of aliphatic imine (C=N–C) groups is 1. The fraction of sp³-hybridized carbons (Fsp3) is 0.750. The Bertz CT molecular complexity index is 672. The largest absolute Gasteiger partial charge is 0.357 e. The summed E-state index contributed by atoms with van der Waals surface area (Å²) in [6, 6.07) is 0. The minimum Gasteiger partial charge on any atom is -0.357 e. The average Bonchev–Trinajstić information content (AvgIpc) is 2.89. The highest BCUT2D eigenvalue weighted by atomic mass is 127. The van der Waals surface area contributed by atoms with Crippen molar-refractivity contribution in [2.75, 3.05) is 32.4 Å². The molecule has 0 radical (unpaired) electrons. The highest BCUT2D eigenvalue weighted by Crippen LogP contribution is 2.25. The van der Waals surface area contributed by atoms with Gasteiger partial charge in [-0.1, -0.05) is 6.42 Å². The molecule has 0 saturated heterocycles. The first-order chi connectivity index (χ1) is 11.9. The molecule has 1 aromatic heterocycles. The predicted molar refractivity (Wildman–Crippen MR) is 115 cm³/mol. The van der Waals surface area contributed by atoms with Gasteiger partial charge in [-0.25, -0.2) is 13.1 Å². The maximum atomic E-state index is 12.1. The lowest BCUT2D eigenvalue weighted by Crippen LogP contribution is -2.39. The second kappa shape index (κ2) is 11.1. The van der Waals surface area contributed by atoms with E-state index in [-0.39, 0.29) is 36.3 Å². The summed E-state index contributed by atoms with van der Waals surface area (Å²) in [6.07, 6.45) is 7.24. The molecule has 2 rings (SSSR count). The monoisotopic (exact) mass is 498 g/mol. The van der Waals surface area contributed by atoms with Crippen LogP contribution in [0.2, 0.25) is 0 Å². The molecule has 1 aliphatic rings. The summed E-state index contributed by atoms with van der Waals surface area (Å²) in [5.74, 6) is 1.22. The maximum absolute atomic E-state index is 12.1. The van der Waals surface area contributed by atoms with E-state index in [0.717, 1.165) is 24.9 Å². The highest BCUT2D eigenvalue weighted by molar-refractivity contribution is 14.0. The second-order valence-corrected chi connectivity index (χ2v) is 8.50. The van der Waals surface area contributed by atoms with Gasteiger partial charge in [-0.2, -0.15) is 5.10 Å². The molecular formula is C16H31IN6O2S. The number of aromatic nitrogens is 2. The Morgan fingerprint density at radius 2 is 2.19 bits per heavy atom. The van der Waals surface area contributed by atoms with Crippen molar-refractivity contribution in [2.24, 2.45) is 18.0 Å². The molecule has 10 heteroatoms. The number of hydrogen-bond acceptors (Lipinski definition) is 4. The molecule has 1 aliphatic carbocycles. The van der Waals surface area contributed by atoms with Crippen LogP contribution in [-0.4, -0.2) is 61.5 Å². The van der Waals surface area contributed by atoms with E-state index >= 15 is 0 Å². The smallest absolute Gasteiger partial charge is 0.213 e. The molecule has 1 saturated carbocycles. The summed E-state index contributed by atoms with van der Waals surface area (Å²) in [4.78, 5) is 6.42. The van der Waals surface area contributed by atoms with Crippen molar-refractivity contribution in [2.45, 2.75) is 32.7 Å². The lowest BCUT2D eigenvalue weighted by atomic mass is 9.86. The number of nitrogens with zero attached hydrogens (tertiary/aromatic N) is 4. The molecule has 0 spiro atoms. The van der Waals surface area contributed by atoms with Crippen LogP contribution >= 0.6 is 24.0 Å². The van der Waals surface area contributed by atoms with Gasteiger partial charge in [0.2, 0.25) is 10.0 Å². The number of nitrogens with one attached hydrogen (secondary N) is 2. The zero-order valence-electron chi connectivity index (χ0n) is 15.8. The molecule has 0 aromatic carbocycles. The Balaban J connectivity index is 0.00000338. The Morgan fingerprint density at radius 1 is 1.46 bits per heavy atom. The summed E-state index contributed by atoms with van der Waals surface area (Å²) >= 11 is 0. The Morgan fingerprint density at radius 3 is 2.73 bits per heavy atom. The van der Waals surface area contributed by atoms with E-state index in [9.17, 15) is 8.42 Å². The van der Waals surface area contributed by atoms with Gasteiger partial charge < -0.3 is 10.2 Å². The highest BCUT2D eigenvalue weighted by Gasteiger charge is 2.20. The number of guanidine groups is 1. The summed E-state index contributed by atoms with van der Waals surface area (Å²) < 4.78 is 28.6. The molecule has 1 fully saturated rings. The third-order valence-electron chi connectivity index (χ3n) is 4.31. The summed E-state index contributed by atoms with van der Waals surface area (Å²) in [7, 11) is 0.546. The number of rotatable bonds is 9. The minimum absolute atomic E-state index is 0. The maximum Gasteiger partial charge on any atom is 0.213 e. The van der Waals surface area contributed by atoms with Crippen molar-refractivity contribution < 1.29 is 8.42 Å². The van der Waals surface area contributed by atoms with E-state index in [1.165, 1.54) is 6.42 Å². The molecule has 0 aliphatic heterocycles. The Labute approximate surface area is 173 Å². The molecule has 0 bridgehead atoms. The normalized spacial score (nSPS) is 15.3. The van der Waals surface area contributed by atoms with Crippen molar-refractivity contribution in [1.29, 1.82) is 0 Å². The SMILES string of the molecule is CCNC(=NCCS(=O)(=O)NCC1CCC1)N(C)Cc1cnn(C)c1.I. The van der Waals surface area contributed by atoms with Crippen LogP contribution in [0.25, 0.3) is 0 Å². The van der Waals surface area contributed by atoms with Gasteiger partial charge in [-0.15, -0.1) is 24.0 Å². The van der Waals surface area contributed by atoms with E-state index in [1.54, 1.807) is 4.68 Å². The lowest BCUT2D eigenvalue weighted by Gasteiger charge is -2.25. The van der Waals surface area contributed by atoms with Crippen molar-refractivity contribution in [3.8, 4) is 0 Å². The first kappa shape index (κ1) is 23.2. The first-order valence-electron chi connectivity index (χ1n) is 8.84. The third-order valence-corrected chi connectivity index (χ3v) is 5.64. The number of hydrogen-bond donors (Lipinski definition) is 2. The first-order valence-corrected chi connectivity index (χ1v) is 10.5. The molecule has 26 heavy (non-hydrogen) atoms. The van der Waals surface area contributed by atoms with Crippen LogP contribution in [0, 0.1) is 5.92 Å². The molecule has 1 heterocycles. The molecule has 0 unspecified atom stereocenters. The molecule has 8 nitrogen and oxygen atoms in total. The van der Waals surface area contributed by atoms with E-state index in [0.29, 0.717) is 25.0 Å². The Hall–Kier alpha value is -0.880. The molecule has 0 atom stereocenters. The molecule has 0 amide bonds. The van der Waals surface area contributed by atoms with Crippen LogP contribution < -0.4 is 10.0 Å². The number of halogens is 1. The number of sulfonamides is 1. The van der Waals surface area contributed by atoms with Gasteiger partial charge in [0.05, 0.1) is 18.5 Å². The quantitative estimate of drug-likeness (QED) is 0.303. The van der Waals surface area contributed by atoms with Gasteiger partial charge >= 0.3 is 0 Å². The lowest BCUT2D eigenvalue weighted by molar-refractivity contribution is 0.316. The van der Waals surface area contributed by atoms with Crippen LogP contribution in [0.5, 0.6) is 0 Å².